The fourth-order valence-corrected chi connectivity index (χ4v) is 3.81. The third-order valence-electron chi connectivity index (χ3n) is 3.75. The number of anilines is 1. The fourth-order valence-electron chi connectivity index (χ4n) is 2.12. The number of aromatic nitrogens is 2. The summed E-state index contributed by atoms with van der Waals surface area (Å²) in [5.41, 5.74) is 3.58. The Morgan fingerprint density at radius 2 is 2.08 bits per heavy atom. The van der Waals surface area contributed by atoms with Crippen LogP contribution in [0, 0.1) is 0 Å². The number of rotatable bonds is 9. The summed E-state index contributed by atoms with van der Waals surface area (Å²) in [5, 5.41) is 4.41. The van der Waals surface area contributed by atoms with E-state index in [9.17, 15) is 0 Å². The standard InChI is InChI=1S/C19H25N3S2/c1-5-7-19(23-14-18-12-13-22(4)20-18)24-21-17-10-8-16(9-11-17)15(3)6-2/h5,7-13,15,21H,1,6,14H2,2-4H3/b19-7+. The molecule has 0 spiro atoms. The first-order valence-electron chi connectivity index (χ1n) is 8.09. The Morgan fingerprint density at radius 1 is 1.33 bits per heavy atom. The molecule has 1 aromatic heterocycles. The van der Waals surface area contributed by atoms with Crippen molar-refractivity contribution >= 4 is 29.4 Å². The molecule has 1 atom stereocenters. The van der Waals surface area contributed by atoms with Gasteiger partial charge in [-0.2, -0.15) is 5.10 Å². The van der Waals surface area contributed by atoms with Crippen molar-refractivity contribution in [3.8, 4) is 0 Å². The van der Waals surface area contributed by atoms with Crippen LogP contribution in [0.4, 0.5) is 5.69 Å². The number of hydrogen-bond donors (Lipinski definition) is 1. The summed E-state index contributed by atoms with van der Waals surface area (Å²) in [6, 6.07) is 10.7. The van der Waals surface area contributed by atoms with Crippen molar-refractivity contribution in [1.29, 1.82) is 0 Å². The SMILES string of the molecule is C=C/C=C(\SCc1ccn(C)n1)SNc1ccc(C(C)CC)cc1. The zero-order valence-electron chi connectivity index (χ0n) is 14.5. The van der Waals surface area contributed by atoms with Crippen molar-refractivity contribution in [3.63, 3.8) is 0 Å². The predicted octanol–water partition coefficient (Wildman–Crippen LogP) is 5.95. The summed E-state index contributed by atoms with van der Waals surface area (Å²) >= 11 is 3.37. The molecule has 0 bridgehead atoms. The number of nitrogens with one attached hydrogen (secondary N) is 1. The second-order valence-corrected chi connectivity index (χ2v) is 7.75. The van der Waals surface area contributed by atoms with Gasteiger partial charge in [0.15, 0.2) is 0 Å². The van der Waals surface area contributed by atoms with Crippen molar-refractivity contribution in [3.05, 3.63) is 70.8 Å². The van der Waals surface area contributed by atoms with Crippen molar-refractivity contribution in [2.45, 2.75) is 31.9 Å². The van der Waals surface area contributed by atoms with E-state index in [0.717, 1.165) is 23.6 Å². The van der Waals surface area contributed by atoms with E-state index in [4.69, 9.17) is 0 Å². The molecule has 0 aliphatic heterocycles. The van der Waals surface area contributed by atoms with Gasteiger partial charge >= 0.3 is 0 Å². The van der Waals surface area contributed by atoms with Gasteiger partial charge in [-0.1, -0.05) is 38.6 Å². The molecule has 1 N–H and O–H groups in total. The Bertz CT molecular complexity index is 674. The van der Waals surface area contributed by atoms with Crippen LogP contribution in [0.3, 0.4) is 0 Å². The Labute approximate surface area is 153 Å². The van der Waals surface area contributed by atoms with Gasteiger partial charge in [-0.25, -0.2) is 0 Å². The van der Waals surface area contributed by atoms with Crippen LogP contribution in [-0.4, -0.2) is 9.78 Å². The van der Waals surface area contributed by atoms with E-state index in [1.165, 1.54) is 9.80 Å². The number of nitrogens with zero attached hydrogens (tertiary/aromatic N) is 2. The molecule has 0 saturated carbocycles. The van der Waals surface area contributed by atoms with Gasteiger partial charge in [0.2, 0.25) is 0 Å². The predicted molar refractivity (Wildman–Crippen MR) is 109 cm³/mol. The van der Waals surface area contributed by atoms with Gasteiger partial charge < -0.3 is 4.72 Å². The highest BCUT2D eigenvalue weighted by Gasteiger charge is 2.05. The van der Waals surface area contributed by atoms with E-state index in [1.807, 2.05) is 36.1 Å². The minimum atomic E-state index is 0.608. The monoisotopic (exact) mass is 359 g/mol. The highest BCUT2D eigenvalue weighted by atomic mass is 32.2. The number of benzene rings is 1. The number of allylic oxidation sites excluding steroid dienone is 2. The maximum absolute atomic E-state index is 4.41. The molecule has 0 aliphatic rings. The molecule has 3 nitrogen and oxygen atoms in total. The minimum absolute atomic E-state index is 0.608. The van der Waals surface area contributed by atoms with Crippen LogP contribution in [-0.2, 0) is 12.8 Å². The smallest absolute Gasteiger partial charge is 0.0727 e. The first-order chi connectivity index (χ1) is 11.6. The van der Waals surface area contributed by atoms with Gasteiger partial charge in [-0.05, 0) is 54.1 Å². The lowest BCUT2D eigenvalue weighted by atomic mass is 9.99. The van der Waals surface area contributed by atoms with Crippen LogP contribution in [0.25, 0.3) is 0 Å². The van der Waals surface area contributed by atoms with Gasteiger partial charge in [0.1, 0.15) is 0 Å². The quantitative estimate of drug-likeness (QED) is 0.442. The third-order valence-corrected chi connectivity index (χ3v) is 5.89. The average molecular weight is 360 g/mol. The molecule has 128 valence electrons. The van der Waals surface area contributed by atoms with Gasteiger partial charge in [-0.15, -0.1) is 11.8 Å². The first kappa shape index (κ1) is 18.7. The molecule has 0 aliphatic carbocycles. The normalized spacial score (nSPS) is 12.9. The highest BCUT2D eigenvalue weighted by Crippen LogP contribution is 2.32. The molecule has 0 fully saturated rings. The van der Waals surface area contributed by atoms with Crippen molar-refractivity contribution in [1.82, 2.24) is 9.78 Å². The lowest BCUT2D eigenvalue weighted by Crippen LogP contribution is -1.93. The lowest BCUT2D eigenvalue weighted by molar-refractivity contribution is 0.734. The zero-order chi connectivity index (χ0) is 17.4. The van der Waals surface area contributed by atoms with Crippen molar-refractivity contribution in [2.24, 2.45) is 7.05 Å². The van der Waals surface area contributed by atoms with E-state index in [0.29, 0.717) is 5.92 Å². The van der Waals surface area contributed by atoms with Crippen LogP contribution in [0.2, 0.25) is 0 Å². The molecule has 0 radical (unpaired) electrons. The molecular formula is C19H25N3S2. The second kappa shape index (κ2) is 9.64. The molecular weight excluding hydrogens is 334 g/mol. The van der Waals surface area contributed by atoms with Gasteiger partial charge in [0.05, 0.1) is 9.93 Å². The maximum atomic E-state index is 4.41. The second-order valence-electron chi connectivity index (χ2n) is 5.63. The number of aryl methyl sites for hydroxylation is 1. The summed E-state index contributed by atoms with van der Waals surface area (Å²) in [6.45, 7) is 8.28. The Hall–Kier alpha value is -1.59. The van der Waals surface area contributed by atoms with E-state index >= 15 is 0 Å². The lowest BCUT2D eigenvalue weighted by Gasteiger charge is -2.11. The molecule has 1 unspecified atom stereocenters. The van der Waals surface area contributed by atoms with E-state index in [-0.39, 0.29) is 0 Å². The molecule has 0 amide bonds. The molecule has 24 heavy (non-hydrogen) atoms. The van der Waals surface area contributed by atoms with Crippen LogP contribution < -0.4 is 4.72 Å². The Morgan fingerprint density at radius 3 is 2.67 bits per heavy atom. The maximum Gasteiger partial charge on any atom is 0.0727 e. The molecule has 1 aromatic carbocycles. The molecule has 2 rings (SSSR count). The average Bonchev–Trinajstić information content (AvgIpc) is 3.02. The summed E-state index contributed by atoms with van der Waals surface area (Å²) in [4.78, 5) is 0. The molecule has 5 heteroatoms. The largest absolute Gasteiger partial charge is 0.325 e. The van der Waals surface area contributed by atoms with Crippen LogP contribution in [0.15, 0.2) is 59.5 Å². The van der Waals surface area contributed by atoms with E-state index in [2.05, 4.69) is 54.5 Å². The number of thioether (sulfide) groups is 1. The fraction of sp³-hybridized carbons (Fsp3) is 0.316. The van der Waals surface area contributed by atoms with E-state index < -0.39 is 0 Å². The van der Waals surface area contributed by atoms with Crippen LogP contribution in [0.5, 0.6) is 0 Å². The highest BCUT2D eigenvalue weighted by molar-refractivity contribution is 8.22. The van der Waals surface area contributed by atoms with E-state index in [1.54, 1.807) is 23.7 Å². The van der Waals surface area contributed by atoms with Crippen molar-refractivity contribution in [2.75, 3.05) is 4.72 Å². The zero-order valence-corrected chi connectivity index (χ0v) is 16.2. The van der Waals surface area contributed by atoms with Gasteiger partial charge in [0.25, 0.3) is 0 Å². The third kappa shape index (κ3) is 5.80. The summed E-state index contributed by atoms with van der Waals surface area (Å²) < 4.78 is 6.41. The van der Waals surface area contributed by atoms with Crippen LogP contribution >= 0.6 is 23.7 Å². The van der Waals surface area contributed by atoms with Crippen molar-refractivity contribution < 1.29 is 0 Å². The summed E-state index contributed by atoms with van der Waals surface area (Å²) in [6.07, 6.45) is 6.98. The van der Waals surface area contributed by atoms with Gasteiger partial charge in [0, 0.05) is 24.7 Å². The molecule has 1 heterocycles. The first-order valence-corrected chi connectivity index (χ1v) is 9.89. The summed E-state index contributed by atoms with van der Waals surface area (Å²) in [5.74, 6) is 1.46. The number of hydrogen-bond acceptors (Lipinski definition) is 4. The molecule has 0 saturated heterocycles. The minimum Gasteiger partial charge on any atom is -0.325 e. The van der Waals surface area contributed by atoms with Crippen LogP contribution in [0.1, 0.15) is 37.4 Å². The Kier molecular flexibility index (Phi) is 7.53. The summed E-state index contributed by atoms with van der Waals surface area (Å²) in [7, 11) is 1.94. The topological polar surface area (TPSA) is 29.9 Å². The van der Waals surface area contributed by atoms with Gasteiger partial charge in [-0.3, -0.25) is 4.68 Å². The Balaban J connectivity index is 1.89. The molecule has 2 aromatic rings.